The summed E-state index contributed by atoms with van der Waals surface area (Å²) < 4.78 is 7.03. The maximum Gasteiger partial charge on any atom is 0.200 e. The minimum absolute atomic E-state index is 0.302. The number of hydrogen-bond acceptors (Lipinski definition) is 3. The highest BCUT2D eigenvalue weighted by molar-refractivity contribution is 6.77. The second-order valence-electron chi connectivity index (χ2n) is 8.05. The van der Waals surface area contributed by atoms with Crippen LogP contribution in [0.4, 0.5) is 0 Å². The van der Waals surface area contributed by atoms with Crippen LogP contribution in [0.3, 0.4) is 0 Å². The molecule has 0 saturated carbocycles. The number of nitrogens with zero attached hydrogens (tertiary/aromatic N) is 1. The lowest BCUT2D eigenvalue weighted by Crippen LogP contribution is -2.58. The molecule has 128 valence electrons. The van der Waals surface area contributed by atoms with Crippen molar-refractivity contribution in [3.8, 4) is 0 Å². The molecule has 1 N–H and O–H groups in total. The van der Waals surface area contributed by atoms with Crippen LogP contribution in [0, 0.1) is 0 Å². The van der Waals surface area contributed by atoms with Crippen molar-refractivity contribution in [2.75, 3.05) is 13.1 Å². The van der Waals surface area contributed by atoms with E-state index in [9.17, 15) is 5.11 Å². The van der Waals surface area contributed by atoms with Crippen LogP contribution in [0.2, 0.25) is 16.6 Å². The molecule has 2 aliphatic rings. The summed E-state index contributed by atoms with van der Waals surface area (Å²) in [5.41, 5.74) is 1.88. The lowest BCUT2D eigenvalue weighted by atomic mass is 9.95. The van der Waals surface area contributed by atoms with Crippen molar-refractivity contribution in [2.45, 2.75) is 89.3 Å². The summed E-state index contributed by atoms with van der Waals surface area (Å²) in [4.78, 5) is 2.42. The molecule has 2 heterocycles. The Morgan fingerprint density at radius 2 is 1.64 bits per heavy atom. The molecule has 0 amide bonds. The van der Waals surface area contributed by atoms with Crippen molar-refractivity contribution in [1.29, 1.82) is 0 Å². The summed E-state index contributed by atoms with van der Waals surface area (Å²) >= 11 is 0. The minimum Gasteiger partial charge on any atom is -0.411 e. The Bertz CT molecular complexity index is 373. The van der Waals surface area contributed by atoms with Gasteiger partial charge in [-0.05, 0) is 36.0 Å². The Morgan fingerprint density at radius 3 is 2.18 bits per heavy atom. The van der Waals surface area contributed by atoms with Gasteiger partial charge in [-0.1, -0.05) is 53.7 Å². The van der Waals surface area contributed by atoms with E-state index >= 15 is 0 Å². The van der Waals surface area contributed by atoms with Gasteiger partial charge in [-0.15, -0.1) is 0 Å². The fourth-order valence-corrected chi connectivity index (χ4v) is 10.4. The van der Waals surface area contributed by atoms with E-state index < -0.39 is 8.32 Å². The molecule has 0 aliphatic carbocycles. The molecule has 2 rings (SSSR count). The second kappa shape index (κ2) is 7.16. The monoisotopic (exact) mass is 325 g/mol. The first-order valence-electron chi connectivity index (χ1n) is 9.07. The highest BCUT2D eigenvalue weighted by Gasteiger charge is 2.48. The fourth-order valence-electron chi connectivity index (χ4n) is 4.85. The number of aliphatic hydroxyl groups is 1. The van der Waals surface area contributed by atoms with Crippen LogP contribution in [-0.4, -0.2) is 49.7 Å². The van der Waals surface area contributed by atoms with Gasteiger partial charge in [-0.25, -0.2) is 0 Å². The predicted octanol–water partition coefficient (Wildman–Crippen LogP) is 3.94. The van der Waals surface area contributed by atoms with Crippen LogP contribution in [0.1, 0.15) is 54.4 Å². The van der Waals surface area contributed by atoms with Crippen LogP contribution in [0.25, 0.3) is 0 Å². The van der Waals surface area contributed by atoms with Gasteiger partial charge in [-0.2, -0.15) is 0 Å². The van der Waals surface area contributed by atoms with E-state index in [1.807, 2.05) is 6.08 Å². The third kappa shape index (κ3) is 3.35. The molecule has 3 atom stereocenters. The van der Waals surface area contributed by atoms with Crippen LogP contribution >= 0.6 is 0 Å². The zero-order chi connectivity index (χ0) is 16.5. The molecule has 1 fully saturated rings. The maximum atomic E-state index is 9.87. The zero-order valence-corrected chi connectivity index (χ0v) is 16.2. The number of rotatable bonds is 5. The first-order valence-corrected chi connectivity index (χ1v) is 11.2. The highest BCUT2D eigenvalue weighted by atomic mass is 28.4. The molecule has 3 nitrogen and oxygen atoms in total. The Balaban J connectivity index is 2.23. The van der Waals surface area contributed by atoms with Gasteiger partial charge < -0.3 is 9.53 Å². The standard InChI is InChI=1S/C18H35NO2Si/c1-13(2)22(14(3)4,15(5)6)21-18-8-7-11-19-12-16(20)9-10-17(18)19/h9-10,13-18,20H,7-8,11-12H2,1-6H3/t16-,17+,18-/m1/s1. The van der Waals surface area contributed by atoms with E-state index in [4.69, 9.17) is 4.43 Å². The largest absolute Gasteiger partial charge is 0.411 e. The molecule has 1 saturated heterocycles. The number of hydrogen-bond donors (Lipinski definition) is 1. The van der Waals surface area contributed by atoms with Crippen molar-refractivity contribution in [2.24, 2.45) is 0 Å². The Morgan fingerprint density at radius 1 is 1.05 bits per heavy atom. The van der Waals surface area contributed by atoms with E-state index in [0.29, 0.717) is 28.8 Å². The van der Waals surface area contributed by atoms with Gasteiger partial charge in [0.1, 0.15) is 0 Å². The van der Waals surface area contributed by atoms with Gasteiger partial charge in [0.15, 0.2) is 0 Å². The summed E-state index contributed by atoms with van der Waals surface area (Å²) in [6.07, 6.45) is 6.49. The number of piperidine rings is 1. The van der Waals surface area contributed by atoms with Gasteiger partial charge in [0.2, 0.25) is 8.32 Å². The molecular weight excluding hydrogens is 290 g/mol. The van der Waals surface area contributed by atoms with Gasteiger partial charge in [0.05, 0.1) is 18.2 Å². The molecular formula is C18H35NO2Si. The lowest BCUT2D eigenvalue weighted by molar-refractivity contribution is 0.0124. The Labute approximate surface area is 137 Å². The molecule has 0 radical (unpaired) electrons. The fraction of sp³-hybridized carbons (Fsp3) is 0.889. The maximum absolute atomic E-state index is 9.87. The van der Waals surface area contributed by atoms with E-state index in [1.54, 1.807) is 0 Å². The summed E-state index contributed by atoms with van der Waals surface area (Å²) in [7, 11) is -1.83. The summed E-state index contributed by atoms with van der Waals surface area (Å²) in [6, 6.07) is 0.361. The number of aliphatic hydroxyl groups excluding tert-OH is 1. The summed E-state index contributed by atoms with van der Waals surface area (Å²) in [5, 5.41) is 9.87. The third-order valence-corrected chi connectivity index (χ3v) is 11.9. The molecule has 4 heteroatoms. The average Bonchev–Trinajstić information content (AvgIpc) is 2.43. The molecule has 22 heavy (non-hydrogen) atoms. The third-order valence-electron chi connectivity index (χ3n) is 5.75. The Kier molecular flexibility index (Phi) is 5.92. The lowest BCUT2D eigenvalue weighted by Gasteiger charge is -2.50. The molecule has 0 unspecified atom stereocenters. The molecule has 0 spiro atoms. The molecule has 0 bridgehead atoms. The Hall–Kier alpha value is -0.163. The predicted molar refractivity (Wildman–Crippen MR) is 95.7 cm³/mol. The normalized spacial score (nSPS) is 30.4. The molecule has 2 aliphatic heterocycles. The van der Waals surface area contributed by atoms with Crippen LogP contribution < -0.4 is 0 Å². The number of fused-ring (bicyclic) bond motifs is 1. The van der Waals surface area contributed by atoms with Crippen molar-refractivity contribution < 1.29 is 9.53 Å². The first kappa shape index (κ1) is 18.2. The van der Waals surface area contributed by atoms with E-state index in [2.05, 4.69) is 52.5 Å². The minimum atomic E-state index is -1.83. The second-order valence-corrected chi connectivity index (χ2v) is 13.5. The smallest absolute Gasteiger partial charge is 0.200 e. The van der Waals surface area contributed by atoms with E-state index in [-0.39, 0.29) is 6.10 Å². The van der Waals surface area contributed by atoms with E-state index in [0.717, 1.165) is 19.5 Å². The van der Waals surface area contributed by atoms with Crippen molar-refractivity contribution in [3.05, 3.63) is 12.2 Å². The van der Waals surface area contributed by atoms with Crippen LogP contribution in [-0.2, 0) is 4.43 Å². The average molecular weight is 326 g/mol. The SMILES string of the molecule is CC(C)[Si](O[C@@H]1CCCN2C[C@H](O)C=C[C@@H]12)(C(C)C)C(C)C. The van der Waals surface area contributed by atoms with Gasteiger partial charge >= 0.3 is 0 Å². The zero-order valence-electron chi connectivity index (χ0n) is 15.2. The summed E-state index contributed by atoms with van der Waals surface area (Å²) in [6.45, 7) is 16.0. The van der Waals surface area contributed by atoms with Crippen molar-refractivity contribution >= 4 is 8.32 Å². The van der Waals surface area contributed by atoms with Crippen molar-refractivity contribution in [1.82, 2.24) is 4.90 Å². The topological polar surface area (TPSA) is 32.7 Å². The van der Waals surface area contributed by atoms with Crippen molar-refractivity contribution in [3.63, 3.8) is 0 Å². The van der Waals surface area contributed by atoms with Crippen LogP contribution in [0.5, 0.6) is 0 Å². The van der Waals surface area contributed by atoms with Gasteiger partial charge in [0, 0.05) is 6.54 Å². The van der Waals surface area contributed by atoms with E-state index in [1.165, 1.54) is 6.42 Å². The quantitative estimate of drug-likeness (QED) is 0.614. The van der Waals surface area contributed by atoms with Gasteiger partial charge in [0.25, 0.3) is 0 Å². The molecule has 0 aromatic rings. The van der Waals surface area contributed by atoms with Crippen LogP contribution in [0.15, 0.2) is 12.2 Å². The summed E-state index contributed by atoms with van der Waals surface area (Å²) in [5.74, 6) is 0. The van der Waals surface area contributed by atoms with Gasteiger partial charge in [-0.3, -0.25) is 4.90 Å². The molecule has 0 aromatic heterocycles. The first-order chi connectivity index (χ1) is 10.3. The molecule has 0 aromatic carbocycles. The highest BCUT2D eigenvalue weighted by Crippen LogP contribution is 2.44.